The Morgan fingerprint density at radius 3 is 2.62 bits per heavy atom. The third-order valence-electron chi connectivity index (χ3n) is 3.89. The smallest absolute Gasteiger partial charge is 0.238 e. The fourth-order valence-electron chi connectivity index (χ4n) is 2.66. The molecule has 1 N–H and O–H groups in total. The first-order valence-corrected chi connectivity index (χ1v) is 8.13. The summed E-state index contributed by atoms with van der Waals surface area (Å²) in [6, 6.07) is 13.3. The molecule has 1 atom stereocenters. The SMILES string of the molecule is O=C(CN1CCOC(c2ccc(F)cc2)C1)Nc1ccc(Cl)cc1. The van der Waals surface area contributed by atoms with Crippen LogP contribution in [0.5, 0.6) is 0 Å². The summed E-state index contributed by atoms with van der Waals surface area (Å²) in [5, 5.41) is 3.48. The van der Waals surface area contributed by atoms with Crippen LogP contribution in [0.25, 0.3) is 0 Å². The zero-order valence-corrected chi connectivity index (χ0v) is 13.8. The number of ether oxygens (including phenoxy) is 1. The number of rotatable bonds is 4. The van der Waals surface area contributed by atoms with Gasteiger partial charge in [-0.2, -0.15) is 0 Å². The van der Waals surface area contributed by atoms with Crippen molar-refractivity contribution in [1.29, 1.82) is 0 Å². The Hall–Kier alpha value is -1.95. The van der Waals surface area contributed by atoms with Gasteiger partial charge in [-0.15, -0.1) is 0 Å². The lowest BCUT2D eigenvalue weighted by Gasteiger charge is -2.32. The van der Waals surface area contributed by atoms with Crippen molar-refractivity contribution in [1.82, 2.24) is 4.90 Å². The van der Waals surface area contributed by atoms with Gasteiger partial charge in [0.15, 0.2) is 0 Å². The maximum Gasteiger partial charge on any atom is 0.238 e. The molecule has 1 aliphatic rings. The number of carbonyl (C=O) groups excluding carboxylic acids is 1. The first-order chi connectivity index (χ1) is 11.6. The van der Waals surface area contributed by atoms with E-state index in [4.69, 9.17) is 16.3 Å². The minimum atomic E-state index is -0.270. The van der Waals surface area contributed by atoms with Crippen molar-refractivity contribution < 1.29 is 13.9 Å². The van der Waals surface area contributed by atoms with Gasteiger partial charge in [0.05, 0.1) is 19.3 Å². The molecule has 4 nitrogen and oxygen atoms in total. The molecule has 3 rings (SSSR count). The number of anilines is 1. The minimum Gasteiger partial charge on any atom is -0.371 e. The Balaban J connectivity index is 1.55. The largest absolute Gasteiger partial charge is 0.371 e. The van der Waals surface area contributed by atoms with Gasteiger partial charge in [0.2, 0.25) is 5.91 Å². The van der Waals surface area contributed by atoms with E-state index in [9.17, 15) is 9.18 Å². The molecule has 1 aliphatic heterocycles. The third-order valence-corrected chi connectivity index (χ3v) is 4.14. The lowest BCUT2D eigenvalue weighted by molar-refractivity contribution is -0.119. The highest BCUT2D eigenvalue weighted by Gasteiger charge is 2.23. The van der Waals surface area contributed by atoms with Crippen molar-refractivity contribution >= 4 is 23.2 Å². The summed E-state index contributed by atoms with van der Waals surface area (Å²) in [5.41, 5.74) is 1.63. The molecular weight excluding hydrogens is 331 g/mol. The normalized spacial score (nSPS) is 18.3. The molecule has 0 bridgehead atoms. The summed E-state index contributed by atoms with van der Waals surface area (Å²) in [6.07, 6.45) is -0.150. The standard InChI is InChI=1S/C18H18ClFN2O2/c19-14-3-7-16(8-4-14)21-18(23)12-22-9-10-24-17(11-22)13-1-5-15(20)6-2-13/h1-8,17H,9-12H2,(H,21,23). The van der Waals surface area contributed by atoms with E-state index in [0.717, 1.165) is 5.56 Å². The molecular formula is C18H18ClFN2O2. The average Bonchev–Trinajstić information content (AvgIpc) is 2.58. The predicted octanol–water partition coefficient (Wildman–Crippen LogP) is 3.49. The summed E-state index contributed by atoms with van der Waals surface area (Å²) in [4.78, 5) is 14.2. The van der Waals surface area contributed by atoms with E-state index in [1.807, 2.05) is 4.90 Å². The fourth-order valence-corrected chi connectivity index (χ4v) is 2.79. The molecule has 0 spiro atoms. The number of hydrogen-bond donors (Lipinski definition) is 1. The van der Waals surface area contributed by atoms with E-state index in [1.54, 1.807) is 36.4 Å². The molecule has 1 amide bonds. The molecule has 2 aromatic rings. The Kier molecular flexibility index (Phi) is 5.45. The third kappa shape index (κ3) is 4.54. The van der Waals surface area contributed by atoms with Crippen molar-refractivity contribution in [2.24, 2.45) is 0 Å². The molecule has 2 aromatic carbocycles. The van der Waals surface area contributed by atoms with E-state index >= 15 is 0 Å². The number of amides is 1. The quantitative estimate of drug-likeness (QED) is 0.919. The van der Waals surface area contributed by atoms with Gasteiger partial charge >= 0.3 is 0 Å². The number of hydrogen-bond acceptors (Lipinski definition) is 3. The van der Waals surface area contributed by atoms with Gasteiger partial charge in [-0.1, -0.05) is 23.7 Å². The molecule has 6 heteroatoms. The highest BCUT2D eigenvalue weighted by atomic mass is 35.5. The summed E-state index contributed by atoms with van der Waals surface area (Å²) < 4.78 is 18.8. The van der Waals surface area contributed by atoms with Gasteiger partial charge in [-0.25, -0.2) is 4.39 Å². The van der Waals surface area contributed by atoms with E-state index in [-0.39, 0.29) is 24.4 Å². The second kappa shape index (κ2) is 7.75. The van der Waals surface area contributed by atoms with Gasteiger partial charge in [0.25, 0.3) is 0 Å². The summed E-state index contributed by atoms with van der Waals surface area (Å²) >= 11 is 5.83. The van der Waals surface area contributed by atoms with Crippen molar-refractivity contribution in [3.8, 4) is 0 Å². The van der Waals surface area contributed by atoms with Gasteiger partial charge < -0.3 is 10.1 Å². The Labute approximate surface area is 145 Å². The average molecular weight is 349 g/mol. The van der Waals surface area contributed by atoms with Crippen LogP contribution in [0.2, 0.25) is 5.02 Å². The van der Waals surface area contributed by atoms with Crippen LogP contribution in [0, 0.1) is 5.82 Å². The first kappa shape index (κ1) is 16.9. The molecule has 24 heavy (non-hydrogen) atoms. The number of nitrogens with one attached hydrogen (secondary N) is 1. The number of morpholine rings is 1. The van der Waals surface area contributed by atoms with Gasteiger partial charge in [0.1, 0.15) is 5.82 Å². The zero-order chi connectivity index (χ0) is 16.9. The molecule has 0 saturated carbocycles. The van der Waals surface area contributed by atoms with Crippen molar-refractivity contribution in [3.63, 3.8) is 0 Å². The minimum absolute atomic E-state index is 0.0860. The Bertz CT molecular complexity index is 691. The molecule has 1 unspecified atom stereocenters. The Morgan fingerprint density at radius 1 is 1.21 bits per heavy atom. The zero-order valence-electron chi connectivity index (χ0n) is 13.0. The topological polar surface area (TPSA) is 41.6 Å². The molecule has 1 saturated heterocycles. The van der Waals surface area contributed by atoms with E-state index < -0.39 is 0 Å². The van der Waals surface area contributed by atoms with Gasteiger partial charge in [0, 0.05) is 23.8 Å². The molecule has 1 fully saturated rings. The summed E-state index contributed by atoms with van der Waals surface area (Å²) in [6.45, 7) is 2.10. The van der Waals surface area contributed by atoms with Crippen LogP contribution < -0.4 is 5.32 Å². The molecule has 1 heterocycles. The second-order valence-corrected chi connectivity index (χ2v) is 6.14. The summed E-state index contributed by atoms with van der Waals surface area (Å²) in [5.74, 6) is -0.356. The van der Waals surface area contributed by atoms with Crippen molar-refractivity contribution in [2.45, 2.75) is 6.10 Å². The molecule has 0 aliphatic carbocycles. The van der Waals surface area contributed by atoms with Crippen LogP contribution in [0.3, 0.4) is 0 Å². The highest BCUT2D eigenvalue weighted by Crippen LogP contribution is 2.22. The van der Waals surface area contributed by atoms with E-state index in [1.165, 1.54) is 12.1 Å². The van der Waals surface area contributed by atoms with E-state index in [0.29, 0.717) is 30.4 Å². The molecule has 0 radical (unpaired) electrons. The lowest BCUT2D eigenvalue weighted by atomic mass is 10.1. The van der Waals surface area contributed by atoms with Crippen LogP contribution >= 0.6 is 11.6 Å². The van der Waals surface area contributed by atoms with Crippen LogP contribution in [-0.4, -0.2) is 37.0 Å². The van der Waals surface area contributed by atoms with Crippen LogP contribution in [0.4, 0.5) is 10.1 Å². The fraction of sp³-hybridized carbons (Fsp3) is 0.278. The Morgan fingerprint density at radius 2 is 1.92 bits per heavy atom. The first-order valence-electron chi connectivity index (χ1n) is 7.75. The number of nitrogens with zero attached hydrogens (tertiary/aromatic N) is 1. The maximum atomic E-state index is 13.0. The highest BCUT2D eigenvalue weighted by molar-refractivity contribution is 6.30. The maximum absolute atomic E-state index is 13.0. The lowest BCUT2D eigenvalue weighted by Crippen LogP contribution is -2.42. The van der Waals surface area contributed by atoms with Crippen molar-refractivity contribution in [2.75, 3.05) is 31.6 Å². The number of carbonyl (C=O) groups is 1. The van der Waals surface area contributed by atoms with Crippen LogP contribution in [0.15, 0.2) is 48.5 Å². The van der Waals surface area contributed by atoms with Crippen molar-refractivity contribution in [3.05, 3.63) is 64.9 Å². The van der Waals surface area contributed by atoms with Gasteiger partial charge in [-0.05, 0) is 42.0 Å². The number of benzene rings is 2. The second-order valence-electron chi connectivity index (χ2n) is 5.70. The number of halogens is 2. The van der Waals surface area contributed by atoms with Crippen LogP contribution in [0.1, 0.15) is 11.7 Å². The predicted molar refractivity (Wildman–Crippen MR) is 91.6 cm³/mol. The van der Waals surface area contributed by atoms with Crippen LogP contribution in [-0.2, 0) is 9.53 Å². The van der Waals surface area contributed by atoms with E-state index in [2.05, 4.69) is 5.32 Å². The molecule has 126 valence electrons. The summed E-state index contributed by atoms with van der Waals surface area (Å²) in [7, 11) is 0. The van der Waals surface area contributed by atoms with Gasteiger partial charge in [-0.3, -0.25) is 9.69 Å². The monoisotopic (exact) mass is 348 g/mol. The molecule has 0 aromatic heterocycles.